The van der Waals surface area contributed by atoms with Crippen molar-refractivity contribution in [2.24, 2.45) is 0 Å². The molecule has 3 rings (SSSR count). The minimum atomic E-state index is -1.71. The summed E-state index contributed by atoms with van der Waals surface area (Å²) in [5.74, 6) is -4.80. The molecule has 0 amide bonds. The molecule has 228 valence electrons. The first-order chi connectivity index (χ1) is 19.8. The van der Waals surface area contributed by atoms with E-state index in [1.54, 1.807) is 6.92 Å². The van der Waals surface area contributed by atoms with Gasteiger partial charge in [0.05, 0.1) is 12.0 Å². The average molecular weight is 595 g/mol. The van der Waals surface area contributed by atoms with E-state index in [2.05, 4.69) is 0 Å². The van der Waals surface area contributed by atoms with Crippen molar-refractivity contribution in [3.8, 4) is 17.2 Å². The molecule has 42 heavy (non-hydrogen) atoms. The summed E-state index contributed by atoms with van der Waals surface area (Å²) in [6.45, 7) is 6.92. The molecule has 0 saturated carbocycles. The number of hydrogen-bond acceptors (Lipinski definition) is 15. The van der Waals surface area contributed by atoms with Crippen molar-refractivity contribution in [3.63, 3.8) is 0 Å². The van der Waals surface area contributed by atoms with Crippen LogP contribution in [-0.2, 0) is 47.7 Å². The molecule has 15 nitrogen and oxygen atoms in total. The summed E-state index contributed by atoms with van der Waals surface area (Å²) in [6.07, 6.45) is -7.62. The highest BCUT2D eigenvalue weighted by atomic mass is 16.7. The van der Waals surface area contributed by atoms with E-state index in [1.165, 1.54) is 18.2 Å². The Morgan fingerprint density at radius 3 is 1.98 bits per heavy atom. The molecule has 2 heterocycles. The second kappa shape index (κ2) is 13.8. The molecule has 0 spiro atoms. The fourth-order valence-corrected chi connectivity index (χ4v) is 4.14. The van der Waals surface area contributed by atoms with Gasteiger partial charge in [0.25, 0.3) is 5.75 Å². The number of fused-ring (bicyclic) bond motifs is 1. The van der Waals surface area contributed by atoms with Crippen LogP contribution >= 0.6 is 0 Å². The van der Waals surface area contributed by atoms with Gasteiger partial charge in [-0.1, -0.05) is 0 Å². The first kappa shape index (κ1) is 31.9. The standard InChI is InChI=1S/C27H30O15/c1-7-34-17-8-9-18-19(10-17)40-26(33)24(38-15(5)31)21(18)42-27-25(39-16(6)32)23(37-14(4)30)22(36-13(3)29)20(41-27)11-35-12(2)28/h8-10,20,22-23,25,27H,7,11H2,1-6H3/t20-,22-,23+,25+,27-/m1/s1. The van der Waals surface area contributed by atoms with Gasteiger partial charge in [-0.15, -0.1) is 0 Å². The second-order valence-electron chi connectivity index (χ2n) is 8.92. The molecule has 1 fully saturated rings. The molecule has 1 aromatic heterocycles. The van der Waals surface area contributed by atoms with E-state index in [-0.39, 0.29) is 16.7 Å². The molecule has 15 heteroatoms. The highest BCUT2D eigenvalue weighted by Crippen LogP contribution is 2.38. The van der Waals surface area contributed by atoms with Gasteiger partial charge in [-0.3, -0.25) is 24.0 Å². The predicted octanol–water partition coefficient (Wildman–Crippen LogP) is 1.58. The topological polar surface area (TPSA) is 189 Å². The van der Waals surface area contributed by atoms with Gasteiger partial charge in [-0.2, -0.15) is 0 Å². The number of ether oxygens (including phenoxy) is 8. The van der Waals surface area contributed by atoms with Crippen LogP contribution in [0.3, 0.4) is 0 Å². The van der Waals surface area contributed by atoms with Gasteiger partial charge in [0.15, 0.2) is 18.0 Å². The van der Waals surface area contributed by atoms with Crippen molar-refractivity contribution in [2.75, 3.05) is 13.2 Å². The Bertz CT molecular complexity index is 1410. The van der Waals surface area contributed by atoms with Crippen LogP contribution in [0.2, 0.25) is 0 Å². The summed E-state index contributed by atoms with van der Waals surface area (Å²) in [5, 5.41) is 0.113. The Morgan fingerprint density at radius 2 is 1.40 bits per heavy atom. The van der Waals surface area contributed by atoms with Crippen molar-refractivity contribution in [3.05, 3.63) is 28.6 Å². The van der Waals surface area contributed by atoms with E-state index in [0.29, 0.717) is 12.4 Å². The first-order valence-corrected chi connectivity index (χ1v) is 12.7. The molecule has 5 atom stereocenters. The van der Waals surface area contributed by atoms with Crippen molar-refractivity contribution in [1.82, 2.24) is 0 Å². The quantitative estimate of drug-likeness (QED) is 0.219. The number of esters is 5. The van der Waals surface area contributed by atoms with Crippen molar-refractivity contribution in [1.29, 1.82) is 0 Å². The molecule has 2 aromatic rings. The van der Waals surface area contributed by atoms with Gasteiger partial charge >= 0.3 is 35.5 Å². The third kappa shape index (κ3) is 7.96. The van der Waals surface area contributed by atoms with Gasteiger partial charge in [0.2, 0.25) is 12.4 Å². The predicted molar refractivity (Wildman–Crippen MR) is 138 cm³/mol. The SMILES string of the molecule is CCOc1ccc2c(O[C@H]3O[C@H](COC(C)=O)[C@@H](OC(C)=O)[C@H](OC(C)=O)[C@@H]3OC(C)=O)c(OC(C)=O)c(=O)oc2c1. The van der Waals surface area contributed by atoms with E-state index in [0.717, 1.165) is 34.6 Å². The van der Waals surface area contributed by atoms with Crippen molar-refractivity contribution < 1.29 is 66.3 Å². The molecule has 0 bridgehead atoms. The number of carbonyl (C=O) groups is 5. The lowest BCUT2D eigenvalue weighted by molar-refractivity contribution is -0.288. The Balaban J connectivity index is 2.21. The molecule has 1 aliphatic heterocycles. The zero-order valence-corrected chi connectivity index (χ0v) is 23.7. The maximum atomic E-state index is 12.9. The smallest absolute Gasteiger partial charge is 0.383 e. The molecular weight excluding hydrogens is 564 g/mol. The highest BCUT2D eigenvalue weighted by Gasteiger charge is 2.53. The summed E-state index contributed by atoms with van der Waals surface area (Å²) in [7, 11) is 0. The summed E-state index contributed by atoms with van der Waals surface area (Å²) in [4.78, 5) is 72.6. The molecule has 0 N–H and O–H groups in total. The Labute approximate surface area is 238 Å². The molecule has 0 unspecified atom stereocenters. The monoisotopic (exact) mass is 594 g/mol. The lowest BCUT2D eigenvalue weighted by atomic mass is 9.98. The minimum Gasteiger partial charge on any atom is -0.494 e. The summed E-state index contributed by atoms with van der Waals surface area (Å²) >= 11 is 0. The number of carbonyl (C=O) groups excluding carboxylic acids is 5. The second-order valence-corrected chi connectivity index (χ2v) is 8.92. The fourth-order valence-electron chi connectivity index (χ4n) is 4.14. The van der Waals surface area contributed by atoms with Crippen LogP contribution in [0.4, 0.5) is 0 Å². The fraction of sp³-hybridized carbons (Fsp3) is 0.481. The molecule has 0 radical (unpaired) electrons. The van der Waals surface area contributed by atoms with Crippen LogP contribution in [0.1, 0.15) is 41.5 Å². The lowest BCUT2D eigenvalue weighted by Gasteiger charge is -2.44. The van der Waals surface area contributed by atoms with Gasteiger partial charge in [-0.05, 0) is 19.1 Å². The van der Waals surface area contributed by atoms with Crippen LogP contribution in [0.15, 0.2) is 27.4 Å². The van der Waals surface area contributed by atoms with E-state index in [9.17, 15) is 28.8 Å². The van der Waals surface area contributed by atoms with E-state index >= 15 is 0 Å². The highest BCUT2D eigenvalue weighted by molar-refractivity contribution is 5.87. The number of rotatable bonds is 10. The van der Waals surface area contributed by atoms with Crippen molar-refractivity contribution in [2.45, 2.75) is 72.2 Å². The zero-order chi connectivity index (χ0) is 31.1. The molecule has 1 aliphatic rings. The Morgan fingerprint density at radius 1 is 0.786 bits per heavy atom. The first-order valence-electron chi connectivity index (χ1n) is 12.7. The Kier molecular flexibility index (Phi) is 10.5. The summed E-state index contributed by atoms with van der Waals surface area (Å²) < 4.78 is 49.0. The van der Waals surface area contributed by atoms with E-state index < -0.39 is 78.5 Å². The summed E-state index contributed by atoms with van der Waals surface area (Å²) in [6, 6.07) is 4.39. The Hall–Kier alpha value is -4.66. The molecule has 1 aromatic carbocycles. The van der Waals surface area contributed by atoms with Crippen LogP contribution in [0, 0.1) is 0 Å². The van der Waals surface area contributed by atoms with Gasteiger partial charge < -0.3 is 42.3 Å². The van der Waals surface area contributed by atoms with Gasteiger partial charge in [-0.25, -0.2) is 4.79 Å². The number of benzene rings is 1. The van der Waals surface area contributed by atoms with Crippen molar-refractivity contribution >= 4 is 40.8 Å². The zero-order valence-electron chi connectivity index (χ0n) is 23.7. The lowest BCUT2D eigenvalue weighted by Crippen LogP contribution is -2.63. The third-order valence-corrected chi connectivity index (χ3v) is 5.53. The molecule has 1 saturated heterocycles. The maximum Gasteiger partial charge on any atom is 0.383 e. The average Bonchev–Trinajstić information content (AvgIpc) is 2.87. The van der Waals surface area contributed by atoms with E-state index in [4.69, 9.17) is 42.3 Å². The largest absolute Gasteiger partial charge is 0.494 e. The summed E-state index contributed by atoms with van der Waals surface area (Å²) in [5.41, 5.74) is -1.13. The van der Waals surface area contributed by atoms with Gasteiger partial charge in [0.1, 0.15) is 24.0 Å². The van der Waals surface area contributed by atoms with Crippen LogP contribution in [-0.4, -0.2) is 73.8 Å². The van der Waals surface area contributed by atoms with Crippen LogP contribution in [0.25, 0.3) is 11.0 Å². The minimum absolute atomic E-state index is 0.0255. The molecule has 0 aliphatic carbocycles. The maximum absolute atomic E-state index is 12.9. The normalized spacial score (nSPS) is 21.5. The number of hydrogen-bond donors (Lipinski definition) is 0. The van der Waals surface area contributed by atoms with Gasteiger partial charge in [0, 0.05) is 40.7 Å². The third-order valence-electron chi connectivity index (χ3n) is 5.53. The van der Waals surface area contributed by atoms with Crippen LogP contribution in [0.5, 0.6) is 17.2 Å². The molecular formula is C27H30O15. The van der Waals surface area contributed by atoms with Crippen LogP contribution < -0.4 is 19.8 Å². The van der Waals surface area contributed by atoms with E-state index in [1.807, 2.05) is 0 Å².